The van der Waals surface area contributed by atoms with Crippen LogP contribution in [-0.4, -0.2) is 71.3 Å². The Morgan fingerprint density at radius 2 is 1.96 bits per heavy atom. The first-order valence-electron chi connectivity index (χ1n) is 7.89. The van der Waals surface area contributed by atoms with E-state index < -0.39 is 0 Å². The number of hydrogen-bond acceptors (Lipinski definition) is 4. The molecule has 8 heteroatoms. The fourth-order valence-electron chi connectivity index (χ4n) is 3.44. The van der Waals surface area contributed by atoms with E-state index in [2.05, 4.69) is 22.2 Å². The number of nitrogens with zero attached hydrogens (tertiary/aromatic N) is 4. The number of rotatable bonds is 3. The van der Waals surface area contributed by atoms with Crippen LogP contribution in [-0.2, 0) is 11.8 Å². The molecule has 1 aromatic rings. The van der Waals surface area contributed by atoms with E-state index in [9.17, 15) is 4.79 Å². The molecule has 3 rings (SSSR count). The van der Waals surface area contributed by atoms with Gasteiger partial charge in [0.05, 0.1) is 12.1 Å². The van der Waals surface area contributed by atoms with Gasteiger partial charge in [-0.2, -0.15) is 5.10 Å². The van der Waals surface area contributed by atoms with Crippen LogP contribution in [0.3, 0.4) is 0 Å². The zero-order valence-corrected chi connectivity index (χ0v) is 15.4. The average Bonchev–Trinajstić information content (AvgIpc) is 3.15. The van der Waals surface area contributed by atoms with Crippen LogP contribution < -0.4 is 5.32 Å². The molecular formula is C15H27Cl2N5O. The van der Waals surface area contributed by atoms with Crippen LogP contribution in [0, 0.1) is 5.92 Å². The van der Waals surface area contributed by atoms with Gasteiger partial charge in [0.2, 0.25) is 5.91 Å². The average molecular weight is 364 g/mol. The molecule has 0 unspecified atom stereocenters. The molecule has 2 atom stereocenters. The number of hydrogen-bond donors (Lipinski definition) is 1. The highest BCUT2D eigenvalue weighted by Crippen LogP contribution is 2.29. The normalized spacial score (nSPS) is 24.9. The minimum atomic E-state index is 0. The molecule has 6 nitrogen and oxygen atoms in total. The molecule has 1 N–H and O–H groups in total. The minimum absolute atomic E-state index is 0. The largest absolute Gasteiger partial charge is 0.340 e. The van der Waals surface area contributed by atoms with Gasteiger partial charge in [-0.1, -0.05) is 6.92 Å². The zero-order valence-electron chi connectivity index (χ0n) is 13.8. The van der Waals surface area contributed by atoms with Gasteiger partial charge in [-0.25, -0.2) is 0 Å². The lowest BCUT2D eigenvalue weighted by Crippen LogP contribution is -2.50. The number of carbonyl (C=O) groups excluding carboxylic acids is 1. The van der Waals surface area contributed by atoms with Crippen LogP contribution in [0.15, 0.2) is 12.4 Å². The monoisotopic (exact) mass is 363 g/mol. The Labute approximate surface area is 150 Å². The first-order valence-corrected chi connectivity index (χ1v) is 7.89. The summed E-state index contributed by atoms with van der Waals surface area (Å²) in [7, 11) is 1.92. The summed E-state index contributed by atoms with van der Waals surface area (Å²) in [5.41, 5.74) is 1.17. The van der Waals surface area contributed by atoms with Crippen molar-refractivity contribution in [1.29, 1.82) is 0 Å². The second kappa shape index (κ2) is 8.87. The second-order valence-corrected chi connectivity index (χ2v) is 6.08. The summed E-state index contributed by atoms with van der Waals surface area (Å²) in [5.74, 6) is 0.627. The van der Waals surface area contributed by atoms with Crippen molar-refractivity contribution >= 4 is 30.7 Å². The van der Waals surface area contributed by atoms with Crippen molar-refractivity contribution in [3.63, 3.8) is 0 Å². The smallest absolute Gasteiger partial charge is 0.227 e. The lowest BCUT2D eigenvalue weighted by molar-refractivity contribution is -0.137. The number of piperazine rings is 1. The summed E-state index contributed by atoms with van der Waals surface area (Å²) in [4.78, 5) is 17.3. The Kier molecular flexibility index (Phi) is 7.80. The predicted molar refractivity (Wildman–Crippen MR) is 95.5 cm³/mol. The van der Waals surface area contributed by atoms with Crippen molar-refractivity contribution < 1.29 is 4.79 Å². The van der Waals surface area contributed by atoms with Crippen LogP contribution in [0.5, 0.6) is 0 Å². The van der Waals surface area contributed by atoms with E-state index in [0.29, 0.717) is 5.91 Å². The van der Waals surface area contributed by atoms with Gasteiger partial charge in [0, 0.05) is 58.4 Å². The summed E-state index contributed by atoms with van der Waals surface area (Å²) < 4.78 is 1.81. The molecule has 2 fully saturated rings. The molecule has 0 bridgehead atoms. The lowest BCUT2D eigenvalue weighted by atomic mass is 9.89. The number of halogens is 2. The van der Waals surface area contributed by atoms with Gasteiger partial charge >= 0.3 is 0 Å². The molecule has 2 aliphatic heterocycles. The molecule has 0 saturated carbocycles. The third-order valence-corrected chi connectivity index (χ3v) is 4.82. The Bertz CT molecular complexity index is 502. The minimum Gasteiger partial charge on any atom is -0.340 e. The molecule has 0 radical (unpaired) electrons. The van der Waals surface area contributed by atoms with Crippen molar-refractivity contribution in [3.05, 3.63) is 18.0 Å². The van der Waals surface area contributed by atoms with Crippen molar-refractivity contribution in [2.24, 2.45) is 13.0 Å². The fourth-order valence-corrected chi connectivity index (χ4v) is 3.44. The Balaban J connectivity index is 0.00000132. The summed E-state index contributed by atoms with van der Waals surface area (Å²) in [6.07, 6.45) is 3.93. The third-order valence-electron chi connectivity index (χ3n) is 4.82. The maximum atomic E-state index is 12.8. The molecular weight excluding hydrogens is 337 g/mol. The van der Waals surface area contributed by atoms with Crippen molar-refractivity contribution in [3.8, 4) is 0 Å². The van der Waals surface area contributed by atoms with Crippen LogP contribution >= 0.6 is 24.8 Å². The highest BCUT2D eigenvalue weighted by molar-refractivity contribution is 5.85. The van der Waals surface area contributed by atoms with Crippen LogP contribution in [0.1, 0.15) is 18.4 Å². The van der Waals surface area contributed by atoms with Gasteiger partial charge in [0.25, 0.3) is 0 Å². The first kappa shape index (κ1) is 20.2. The van der Waals surface area contributed by atoms with E-state index in [1.807, 2.05) is 29.0 Å². The number of aryl methyl sites for hydroxylation is 1. The first-order chi connectivity index (χ1) is 10.2. The third kappa shape index (κ3) is 4.38. The summed E-state index contributed by atoms with van der Waals surface area (Å²) in [5, 5.41) is 7.62. The van der Waals surface area contributed by atoms with Crippen LogP contribution in [0.2, 0.25) is 0 Å². The van der Waals surface area contributed by atoms with Gasteiger partial charge in [0.1, 0.15) is 0 Å². The Hall–Kier alpha value is -0.820. The van der Waals surface area contributed by atoms with Crippen molar-refractivity contribution in [1.82, 2.24) is 24.9 Å². The van der Waals surface area contributed by atoms with E-state index in [1.165, 1.54) is 5.56 Å². The highest BCUT2D eigenvalue weighted by Gasteiger charge is 2.37. The molecule has 0 aliphatic carbocycles. The van der Waals surface area contributed by atoms with Crippen molar-refractivity contribution in [2.45, 2.75) is 12.8 Å². The van der Waals surface area contributed by atoms with Gasteiger partial charge in [-0.3, -0.25) is 9.48 Å². The molecule has 23 heavy (non-hydrogen) atoms. The molecule has 1 amide bonds. The molecule has 1 aromatic heterocycles. The van der Waals surface area contributed by atoms with Gasteiger partial charge in [-0.15, -0.1) is 24.8 Å². The predicted octanol–water partition coefficient (Wildman–Crippen LogP) is 0.731. The zero-order chi connectivity index (χ0) is 14.8. The summed E-state index contributed by atoms with van der Waals surface area (Å²) in [6.45, 7) is 8.64. The number of carbonyl (C=O) groups is 1. The number of aromatic nitrogens is 2. The summed E-state index contributed by atoms with van der Waals surface area (Å²) in [6, 6.07) is 0. The summed E-state index contributed by atoms with van der Waals surface area (Å²) >= 11 is 0. The SMILES string of the molecule is CCN1CCN(C(=O)[C@H]2CNC[C@@H]2c2cnn(C)c2)CC1.Cl.Cl. The number of nitrogens with one attached hydrogen (secondary N) is 1. The molecule has 132 valence electrons. The maximum Gasteiger partial charge on any atom is 0.227 e. The highest BCUT2D eigenvalue weighted by atomic mass is 35.5. The van der Waals surface area contributed by atoms with Crippen molar-refractivity contribution in [2.75, 3.05) is 45.8 Å². The molecule has 0 aromatic carbocycles. The molecule has 2 aliphatic rings. The molecule has 0 spiro atoms. The Morgan fingerprint density at radius 1 is 1.26 bits per heavy atom. The maximum absolute atomic E-state index is 12.8. The lowest BCUT2D eigenvalue weighted by Gasteiger charge is -2.36. The van der Waals surface area contributed by atoms with E-state index in [1.54, 1.807) is 0 Å². The van der Waals surface area contributed by atoms with Crippen LogP contribution in [0.25, 0.3) is 0 Å². The van der Waals surface area contributed by atoms with E-state index in [-0.39, 0.29) is 36.6 Å². The van der Waals surface area contributed by atoms with E-state index in [0.717, 1.165) is 45.8 Å². The topological polar surface area (TPSA) is 53.4 Å². The number of likely N-dealkylation sites (N-methyl/N-ethyl adjacent to an activating group) is 1. The van der Waals surface area contributed by atoms with Gasteiger partial charge < -0.3 is 15.1 Å². The van der Waals surface area contributed by atoms with E-state index in [4.69, 9.17) is 0 Å². The fraction of sp³-hybridized carbons (Fsp3) is 0.733. The van der Waals surface area contributed by atoms with Gasteiger partial charge in [-0.05, 0) is 12.1 Å². The Morgan fingerprint density at radius 3 is 2.52 bits per heavy atom. The second-order valence-electron chi connectivity index (χ2n) is 6.08. The molecule has 2 saturated heterocycles. The van der Waals surface area contributed by atoms with Gasteiger partial charge in [0.15, 0.2) is 0 Å². The number of amides is 1. The van der Waals surface area contributed by atoms with Crippen LogP contribution in [0.4, 0.5) is 0 Å². The molecule has 3 heterocycles. The quantitative estimate of drug-likeness (QED) is 0.859. The standard InChI is InChI=1S/C15H25N5O.2ClH/c1-3-19-4-6-20(7-5-19)15(21)14-10-16-9-13(14)12-8-17-18(2)11-12;;/h8,11,13-14,16H,3-7,9-10H2,1-2H3;2*1H/t13-,14+;;/m1../s1. The van der Waals surface area contributed by atoms with E-state index >= 15 is 0 Å².